The van der Waals surface area contributed by atoms with Gasteiger partial charge in [-0.2, -0.15) is 0 Å². The van der Waals surface area contributed by atoms with Crippen LogP contribution in [0.5, 0.6) is 0 Å². The Bertz CT molecular complexity index is 1520. The van der Waals surface area contributed by atoms with E-state index in [0.29, 0.717) is 16.4 Å². The van der Waals surface area contributed by atoms with Crippen molar-refractivity contribution in [2.24, 2.45) is 0 Å². The standard InChI is InChI=1S/C29H37ClN8O/c1-35-10-14-37(15-11-35)9-3-8-31-27-22-18-20(30)4-6-23(22)34-29(39)26(27)28-32-24-7-5-21(19-25(24)33-28)38-16-12-36(2)13-17-38/h4-7,18-19H,3,8-17H2,1-2H3,(H,32,33)(H2,31,34,39). The van der Waals surface area contributed by atoms with E-state index in [2.05, 4.69) is 61.1 Å². The molecule has 2 aromatic carbocycles. The SMILES string of the molecule is CN1CCN(CCCNc2c(-c3nc4ccc(N5CCN(C)CC5)cc4[nH]3)c(=O)[nH]c3ccc(Cl)cc23)CC1. The van der Waals surface area contributed by atoms with Crippen molar-refractivity contribution in [1.29, 1.82) is 0 Å². The van der Waals surface area contributed by atoms with E-state index in [1.165, 1.54) is 5.69 Å². The molecule has 0 aliphatic carbocycles. The molecule has 0 atom stereocenters. The molecule has 39 heavy (non-hydrogen) atoms. The first-order valence-electron chi connectivity index (χ1n) is 13.9. The second kappa shape index (κ2) is 11.2. The maximum Gasteiger partial charge on any atom is 0.261 e. The zero-order chi connectivity index (χ0) is 26.9. The number of rotatable bonds is 7. The van der Waals surface area contributed by atoms with E-state index in [0.717, 1.165) is 99.5 Å². The minimum Gasteiger partial charge on any atom is -0.384 e. The first-order valence-corrected chi connectivity index (χ1v) is 14.3. The van der Waals surface area contributed by atoms with Crippen LogP contribution in [0.15, 0.2) is 41.2 Å². The lowest BCUT2D eigenvalue weighted by atomic mass is 10.1. The van der Waals surface area contributed by atoms with Gasteiger partial charge in [0.2, 0.25) is 0 Å². The number of fused-ring (bicyclic) bond motifs is 2. The van der Waals surface area contributed by atoms with Gasteiger partial charge in [-0.05, 0) is 63.5 Å². The number of H-pyrrole nitrogens is 2. The summed E-state index contributed by atoms with van der Waals surface area (Å²) in [5, 5.41) is 5.11. The van der Waals surface area contributed by atoms with E-state index in [-0.39, 0.29) is 5.56 Å². The lowest BCUT2D eigenvalue weighted by Gasteiger charge is -2.34. The smallest absolute Gasteiger partial charge is 0.261 e. The molecule has 3 N–H and O–H groups in total. The van der Waals surface area contributed by atoms with Crippen molar-refractivity contribution in [3.05, 3.63) is 51.8 Å². The number of aromatic amines is 2. The fourth-order valence-electron chi connectivity index (χ4n) is 5.64. The van der Waals surface area contributed by atoms with Crippen LogP contribution < -0.4 is 15.8 Å². The largest absolute Gasteiger partial charge is 0.384 e. The minimum absolute atomic E-state index is 0.176. The summed E-state index contributed by atoms with van der Waals surface area (Å²) in [4.78, 5) is 34.4. The van der Waals surface area contributed by atoms with Gasteiger partial charge in [-0.15, -0.1) is 0 Å². The van der Waals surface area contributed by atoms with E-state index in [1.54, 1.807) is 6.07 Å². The van der Waals surface area contributed by atoms with Crippen LogP contribution in [0.3, 0.4) is 0 Å². The molecule has 206 valence electrons. The van der Waals surface area contributed by atoms with E-state index < -0.39 is 0 Å². The zero-order valence-corrected chi connectivity index (χ0v) is 23.5. The van der Waals surface area contributed by atoms with Gasteiger partial charge in [0.05, 0.1) is 22.2 Å². The monoisotopic (exact) mass is 548 g/mol. The number of nitrogens with zero attached hydrogens (tertiary/aromatic N) is 5. The quantitative estimate of drug-likeness (QED) is 0.305. The third-order valence-corrected chi connectivity index (χ3v) is 8.33. The Kier molecular flexibility index (Phi) is 7.49. The molecule has 0 radical (unpaired) electrons. The van der Waals surface area contributed by atoms with Gasteiger partial charge in [0, 0.05) is 75.0 Å². The Morgan fingerprint density at radius 1 is 0.897 bits per heavy atom. The molecule has 0 spiro atoms. The third-order valence-electron chi connectivity index (χ3n) is 8.10. The van der Waals surface area contributed by atoms with Crippen molar-refractivity contribution in [3.8, 4) is 11.4 Å². The second-order valence-electron chi connectivity index (χ2n) is 10.9. The number of hydrogen-bond acceptors (Lipinski definition) is 7. The molecule has 0 unspecified atom stereocenters. The van der Waals surface area contributed by atoms with Gasteiger partial charge in [-0.25, -0.2) is 4.98 Å². The van der Waals surface area contributed by atoms with Crippen LogP contribution in [0.25, 0.3) is 33.3 Å². The summed E-state index contributed by atoms with van der Waals surface area (Å²) in [6.07, 6.45) is 0.979. The molecule has 2 aliphatic rings. The van der Waals surface area contributed by atoms with E-state index >= 15 is 0 Å². The van der Waals surface area contributed by atoms with Gasteiger partial charge in [-0.3, -0.25) is 4.79 Å². The molecule has 9 nitrogen and oxygen atoms in total. The number of imidazole rings is 1. The normalized spacial score (nSPS) is 17.9. The highest BCUT2D eigenvalue weighted by Gasteiger charge is 2.20. The number of pyridine rings is 1. The van der Waals surface area contributed by atoms with Gasteiger partial charge in [-0.1, -0.05) is 11.6 Å². The van der Waals surface area contributed by atoms with E-state index in [1.807, 2.05) is 18.2 Å². The van der Waals surface area contributed by atoms with E-state index in [9.17, 15) is 4.79 Å². The number of benzene rings is 2. The van der Waals surface area contributed by atoms with Crippen molar-refractivity contribution in [1.82, 2.24) is 29.7 Å². The van der Waals surface area contributed by atoms with Crippen LogP contribution in [0.1, 0.15) is 6.42 Å². The van der Waals surface area contributed by atoms with Crippen LogP contribution in [-0.2, 0) is 0 Å². The van der Waals surface area contributed by atoms with Gasteiger partial charge in [0.1, 0.15) is 11.4 Å². The summed E-state index contributed by atoms with van der Waals surface area (Å²) in [6, 6.07) is 11.9. The predicted octanol–water partition coefficient (Wildman–Crippen LogP) is 3.53. The molecular formula is C29H37ClN8O. The van der Waals surface area contributed by atoms with Crippen molar-refractivity contribution >= 4 is 44.9 Å². The summed E-state index contributed by atoms with van der Waals surface area (Å²) < 4.78 is 0. The molecule has 0 bridgehead atoms. The summed E-state index contributed by atoms with van der Waals surface area (Å²) >= 11 is 6.41. The Morgan fingerprint density at radius 3 is 2.41 bits per heavy atom. The average molecular weight is 549 g/mol. The van der Waals surface area contributed by atoms with Crippen molar-refractivity contribution in [2.75, 3.05) is 89.8 Å². The minimum atomic E-state index is -0.176. The van der Waals surface area contributed by atoms with Gasteiger partial charge < -0.3 is 34.9 Å². The van der Waals surface area contributed by atoms with Crippen LogP contribution in [0.4, 0.5) is 11.4 Å². The number of halogens is 1. The van der Waals surface area contributed by atoms with Crippen LogP contribution in [0, 0.1) is 0 Å². The van der Waals surface area contributed by atoms with Crippen molar-refractivity contribution in [2.45, 2.75) is 6.42 Å². The lowest BCUT2D eigenvalue weighted by Crippen LogP contribution is -2.44. The predicted molar refractivity (Wildman–Crippen MR) is 161 cm³/mol. The maximum atomic E-state index is 13.5. The Balaban J connectivity index is 1.30. The van der Waals surface area contributed by atoms with Gasteiger partial charge >= 0.3 is 0 Å². The van der Waals surface area contributed by atoms with Crippen LogP contribution >= 0.6 is 11.6 Å². The van der Waals surface area contributed by atoms with Crippen molar-refractivity contribution < 1.29 is 0 Å². The molecule has 2 saturated heterocycles. The van der Waals surface area contributed by atoms with Crippen LogP contribution in [-0.4, -0.2) is 109 Å². The van der Waals surface area contributed by atoms with E-state index in [4.69, 9.17) is 16.6 Å². The number of nitrogens with one attached hydrogen (secondary N) is 3. The van der Waals surface area contributed by atoms with Gasteiger partial charge in [0.25, 0.3) is 5.56 Å². The molecule has 2 aromatic heterocycles. The van der Waals surface area contributed by atoms with Crippen LogP contribution in [0.2, 0.25) is 5.02 Å². The fraction of sp³-hybridized carbons (Fsp3) is 0.448. The highest BCUT2D eigenvalue weighted by atomic mass is 35.5. The Labute approximate surface area is 233 Å². The average Bonchev–Trinajstić information content (AvgIpc) is 3.35. The number of piperazine rings is 2. The maximum absolute atomic E-state index is 13.5. The number of anilines is 2. The molecule has 2 fully saturated rings. The summed E-state index contributed by atoms with van der Waals surface area (Å²) in [5.41, 5.74) is 4.80. The molecule has 6 rings (SSSR count). The lowest BCUT2D eigenvalue weighted by molar-refractivity contribution is 0.154. The first kappa shape index (κ1) is 26.1. The summed E-state index contributed by atoms with van der Waals surface area (Å²) in [7, 11) is 4.34. The molecule has 0 amide bonds. The molecular weight excluding hydrogens is 512 g/mol. The number of likely N-dealkylation sites (N-methyl/N-ethyl adjacent to an activating group) is 2. The molecule has 4 aromatic rings. The van der Waals surface area contributed by atoms with Crippen molar-refractivity contribution in [3.63, 3.8) is 0 Å². The Morgan fingerprint density at radius 2 is 1.64 bits per heavy atom. The fourth-order valence-corrected chi connectivity index (χ4v) is 5.81. The molecule has 2 aliphatic heterocycles. The molecule has 4 heterocycles. The first-order chi connectivity index (χ1) is 18.9. The molecule has 10 heteroatoms. The van der Waals surface area contributed by atoms with Gasteiger partial charge in [0.15, 0.2) is 0 Å². The summed E-state index contributed by atoms with van der Waals surface area (Å²) in [6.45, 7) is 10.3. The Hall–Kier alpha value is -3.11. The summed E-state index contributed by atoms with van der Waals surface area (Å²) in [5.74, 6) is 0.560. The molecule has 0 saturated carbocycles. The third kappa shape index (κ3) is 5.63. The topological polar surface area (TPSA) is 86.5 Å². The second-order valence-corrected chi connectivity index (χ2v) is 11.3. The highest BCUT2D eigenvalue weighted by Crippen LogP contribution is 2.33. The number of aromatic nitrogens is 3. The zero-order valence-electron chi connectivity index (χ0n) is 22.8. The number of hydrogen-bond donors (Lipinski definition) is 3. The highest BCUT2D eigenvalue weighted by molar-refractivity contribution is 6.31.